The van der Waals surface area contributed by atoms with Gasteiger partial charge in [-0.1, -0.05) is 0 Å². The largest absolute Gasteiger partial charge is 0.375 e. The topological polar surface area (TPSA) is 51.1 Å². The molecule has 0 saturated carbocycles. The first kappa shape index (κ1) is 16.8. The van der Waals surface area contributed by atoms with Crippen LogP contribution in [0.25, 0.3) is 22.3 Å². The number of nitrogens with zero attached hydrogens (tertiary/aromatic N) is 4. The number of aromatic nitrogens is 3. The van der Waals surface area contributed by atoms with Crippen molar-refractivity contribution in [3.63, 3.8) is 0 Å². The third-order valence-corrected chi connectivity index (χ3v) is 4.39. The number of morpholine rings is 1. The van der Waals surface area contributed by atoms with Gasteiger partial charge in [-0.25, -0.2) is 18.7 Å². The van der Waals surface area contributed by atoms with Gasteiger partial charge >= 0.3 is 0 Å². The number of ether oxygens (including phenoxy) is 1. The van der Waals surface area contributed by atoms with E-state index in [9.17, 15) is 8.78 Å². The number of hydrogen-bond donors (Lipinski definition) is 0. The molecule has 0 radical (unpaired) electrons. The van der Waals surface area contributed by atoms with E-state index in [4.69, 9.17) is 4.74 Å². The van der Waals surface area contributed by atoms with Gasteiger partial charge in [0.25, 0.3) is 0 Å². The lowest BCUT2D eigenvalue weighted by Gasteiger charge is -2.32. The van der Waals surface area contributed by atoms with Crippen molar-refractivity contribution in [1.82, 2.24) is 15.0 Å². The minimum Gasteiger partial charge on any atom is -0.375 e. The predicted octanol–water partition coefficient (Wildman–Crippen LogP) is 3.50. The van der Waals surface area contributed by atoms with Crippen LogP contribution in [0.4, 0.5) is 14.6 Å². The molecule has 0 aliphatic carbocycles. The van der Waals surface area contributed by atoms with Gasteiger partial charge in [0, 0.05) is 37.0 Å². The first-order valence-corrected chi connectivity index (χ1v) is 8.47. The molecule has 3 aromatic rings. The van der Waals surface area contributed by atoms with Gasteiger partial charge in [0.05, 0.1) is 23.9 Å². The number of fused-ring (bicyclic) bond motifs is 1. The molecule has 5 nitrogen and oxygen atoms in total. The maximum atomic E-state index is 14.4. The Morgan fingerprint density at radius 3 is 2.81 bits per heavy atom. The van der Waals surface area contributed by atoms with E-state index in [2.05, 4.69) is 19.9 Å². The average molecular weight is 356 g/mol. The molecule has 0 spiro atoms. The lowest BCUT2D eigenvalue weighted by molar-refractivity contribution is 0.0529. The second-order valence-electron chi connectivity index (χ2n) is 6.46. The summed E-state index contributed by atoms with van der Waals surface area (Å²) in [6, 6.07) is 5.32. The van der Waals surface area contributed by atoms with E-state index in [-0.39, 0.29) is 11.7 Å². The molecule has 7 heteroatoms. The van der Waals surface area contributed by atoms with Crippen molar-refractivity contribution in [1.29, 1.82) is 0 Å². The average Bonchev–Trinajstić information content (AvgIpc) is 2.60. The van der Waals surface area contributed by atoms with Crippen molar-refractivity contribution in [2.24, 2.45) is 0 Å². The Labute approximate surface area is 149 Å². The van der Waals surface area contributed by atoms with Crippen molar-refractivity contribution in [3.8, 4) is 11.3 Å². The summed E-state index contributed by atoms with van der Waals surface area (Å²) >= 11 is 0. The molecule has 1 fully saturated rings. The fraction of sp³-hybridized carbons (Fsp3) is 0.316. The lowest BCUT2D eigenvalue weighted by atomic mass is 10.1. The van der Waals surface area contributed by atoms with Gasteiger partial charge in [-0.05, 0) is 26.0 Å². The Morgan fingerprint density at radius 2 is 2.04 bits per heavy atom. The lowest BCUT2D eigenvalue weighted by Crippen LogP contribution is -2.41. The van der Waals surface area contributed by atoms with Gasteiger partial charge in [-0.2, -0.15) is 0 Å². The molecule has 1 unspecified atom stereocenters. The Hall–Kier alpha value is -2.67. The van der Waals surface area contributed by atoms with Crippen LogP contribution in [-0.2, 0) is 4.74 Å². The van der Waals surface area contributed by atoms with Crippen LogP contribution >= 0.6 is 0 Å². The summed E-state index contributed by atoms with van der Waals surface area (Å²) in [4.78, 5) is 15.7. The first-order valence-electron chi connectivity index (χ1n) is 8.47. The predicted molar refractivity (Wildman–Crippen MR) is 95.0 cm³/mol. The van der Waals surface area contributed by atoms with Gasteiger partial charge in [0.2, 0.25) is 0 Å². The molecule has 134 valence electrons. The smallest absolute Gasteiger partial charge is 0.135 e. The molecular weight excluding hydrogens is 338 g/mol. The molecule has 3 heterocycles. The third-order valence-electron chi connectivity index (χ3n) is 4.39. The first-order chi connectivity index (χ1) is 12.5. The van der Waals surface area contributed by atoms with Gasteiger partial charge in [-0.3, -0.25) is 4.98 Å². The normalized spacial score (nSPS) is 17.7. The highest BCUT2D eigenvalue weighted by Crippen LogP contribution is 2.31. The highest BCUT2D eigenvalue weighted by Gasteiger charge is 2.21. The SMILES string of the molecule is Cc1cnc2c(-c3ccc(F)cc3F)nc(N3CCOC(C)C3)cc2n1. The van der Waals surface area contributed by atoms with Crippen LogP contribution in [0.2, 0.25) is 0 Å². The second kappa shape index (κ2) is 6.57. The van der Waals surface area contributed by atoms with E-state index in [1.807, 2.05) is 19.9 Å². The molecule has 0 N–H and O–H groups in total. The van der Waals surface area contributed by atoms with E-state index < -0.39 is 11.6 Å². The minimum absolute atomic E-state index is 0.0795. The van der Waals surface area contributed by atoms with Gasteiger partial charge in [-0.15, -0.1) is 0 Å². The third kappa shape index (κ3) is 3.10. The number of rotatable bonds is 2. The number of anilines is 1. The summed E-state index contributed by atoms with van der Waals surface area (Å²) < 4.78 is 33.3. The van der Waals surface area contributed by atoms with Gasteiger partial charge in [0.15, 0.2) is 0 Å². The summed E-state index contributed by atoms with van der Waals surface area (Å²) in [6.07, 6.45) is 1.70. The summed E-state index contributed by atoms with van der Waals surface area (Å²) in [5.41, 5.74) is 2.45. The maximum absolute atomic E-state index is 14.4. The van der Waals surface area contributed by atoms with Crippen LogP contribution < -0.4 is 4.90 Å². The zero-order valence-electron chi connectivity index (χ0n) is 14.5. The molecule has 1 aromatic carbocycles. The fourth-order valence-corrected chi connectivity index (χ4v) is 3.16. The second-order valence-corrected chi connectivity index (χ2v) is 6.46. The Bertz CT molecular complexity index is 979. The van der Waals surface area contributed by atoms with Crippen LogP contribution in [0.5, 0.6) is 0 Å². The van der Waals surface area contributed by atoms with Gasteiger partial charge < -0.3 is 9.64 Å². The molecule has 0 amide bonds. The number of pyridine rings is 1. The Balaban J connectivity index is 1.92. The van der Waals surface area contributed by atoms with Crippen LogP contribution in [0.1, 0.15) is 12.6 Å². The number of hydrogen-bond acceptors (Lipinski definition) is 5. The van der Waals surface area contributed by atoms with Crippen LogP contribution in [0, 0.1) is 18.6 Å². The quantitative estimate of drug-likeness (QED) is 0.703. The van der Waals surface area contributed by atoms with E-state index in [0.717, 1.165) is 11.8 Å². The maximum Gasteiger partial charge on any atom is 0.135 e. The minimum atomic E-state index is -0.673. The molecule has 1 aliphatic heterocycles. The van der Waals surface area contributed by atoms with Crippen LogP contribution in [0.3, 0.4) is 0 Å². The van der Waals surface area contributed by atoms with Crippen LogP contribution in [-0.4, -0.2) is 40.8 Å². The molecular formula is C19H18F2N4O. The molecule has 1 aliphatic rings. The molecule has 2 aromatic heterocycles. The number of benzene rings is 1. The summed E-state index contributed by atoms with van der Waals surface area (Å²) in [6.45, 7) is 5.82. The highest BCUT2D eigenvalue weighted by molar-refractivity contribution is 5.91. The molecule has 1 saturated heterocycles. The Morgan fingerprint density at radius 1 is 1.19 bits per heavy atom. The molecule has 26 heavy (non-hydrogen) atoms. The highest BCUT2D eigenvalue weighted by atomic mass is 19.1. The molecule has 0 bridgehead atoms. The summed E-state index contributed by atoms with van der Waals surface area (Å²) in [5.74, 6) is -0.615. The molecule has 1 atom stereocenters. The van der Waals surface area contributed by atoms with Crippen molar-refractivity contribution in [2.75, 3.05) is 24.6 Å². The zero-order chi connectivity index (χ0) is 18.3. The van der Waals surface area contributed by atoms with E-state index in [0.29, 0.717) is 42.2 Å². The standard InChI is InChI=1S/C19H18F2N4O/c1-11-9-22-19-16(23-11)8-17(25-5-6-26-12(2)10-25)24-18(19)14-4-3-13(20)7-15(14)21/h3-4,7-9,12H,5-6,10H2,1-2H3. The number of aryl methyl sites for hydroxylation is 1. The Kier molecular flexibility index (Phi) is 4.24. The van der Waals surface area contributed by atoms with Crippen molar-refractivity contribution < 1.29 is 13.5 Å². The van der Waals surface area contributed by atoms with E-state index >= 15 is 0 Å². The summed E-state index contributed by atoms with van der Waals surface area (Å²) in [5, 5.41) is 0. The molecule has 4 rings (SSSR count). The fourth-order valence-electron chi connectivity index (χ4n) is 3.16. The van der Waals surface area contributed by atoms with Crippen molar-refractivity contribution in [2.45, 2.75) is 20.0 Å². The van der Waals surface area contributed by atoms with Crippen molar-refractivity contribution in [3.05, 3.63) is 47.8 Å². The van der Waals surface area contributed by atoms with Gasteiger partial charge in [0.1, 0.15) is 28.7 Å². The summed E-state index contributed by atoms with van der Waals surface area (Å²) in [7, 11) is 0. The zero-order valence-corrected chi connectivity index (χ0v) is 14.5. The monoisotopic (exact) mass is 356 g/mol. The van der Waals surface area contributed by atoms with Crippen molar-refractivity contribution >= 4 is 16.9 Å². The number of halogens is 2. The van der Waals surface area contributed by atoms with Crippen LogP contribution in [0.15, 0.2) is 30.5 Å². The van der Waals surface area contributed by atoms with E-state index in [1.54, 1.807) is 6.20 Å². The van der Waals surface area contributed by atoms with E-state index in [1.165, 1.54) is 12.1 Å².